The van der Waals surface area contributed by atoms with Gasteiger partial charge in [0.2, 0.25) is 5.91 Å². The van der Waals surface area contributed by atoms with Crippen LogP contribution >= 0.6 is 0 Å². The molecule has 0 aliphatic rings. The highest BCUT2D eigenvalue weighted by Crippen LogP contribution is 2.16. The zero-order valence-corrected chi connectivity index (χ0v) is 15.0. The molecule has 2 aromatic carbocycles. The van der Waals surface area contributed by atoms with Gasteiger partial charge in [0.15, 0.2) is 0 Å². The summed E-state index contributed by atoms with van der Waals surface area (Å²) < 4.78 is 5.51. The molecule has 0 fully saturated rings. The van der Waals surface area contributed by atoms with Gasteiger partial charge in [-0.25, -0.2) is 0 Å². The van der Waals surface area contributed by atoms with Gasteiger partial charge in [-0.1, -0.05) is 6.58 Å². The summed E-state index contributed by atoms with van der Waals surface area (Å²) in [6, 6.07) is 14.1. The van der Waals surface area contributed by atoms with Gasteiger partial charge in [-0.05, 0) is 61.0 Å². The molecule has 26 heavy (non-hydrogen) atoms. The molecule has 6 nitrogen and oxygen atoms in total. The fourth-order valence-corrected chi connectivity index (χ4v) is 2.11. The van der Waals surface area contributed by atoms with Crippen molar-refractivity contribution in [2.45, 2.75) is 6.92 Å². The van der Waals surface area contributed by atoms with Gasteiger partial charge in [-0.2, -0.15) is 0 Å². The molecule has 0 saturated carbocycles. The first-order chi connectivity index (χ1) is 12.5. The van der Waals surface area contributed by atoms with Crippen LogP contribution in [0.3, 0.4) is 0 Å². The molecule has 2 aromatic rings. The second-order valence-electron chi connectivity index (χ2n) is 5.83. The number of ether oxygens (including phenoxy) is 1. The van der Waals surface area contributed by atoms with Crippen LogP contribution in [0, 0.1) is 0 Å². The zero-order valence-electron chi connectivity index (χ0n) is 15.0. The Labute approximate surface area is 153 Å². The molecule has 0 bridgehead atoms. The molecule has 0 heterocycles. The van der Waals surface area contributed by atoms with Crippen LogP contribution in [0.15, 0.2) is 60.7 Å². The van der Waals surface area contributed by atoms with Crippen LogP contribution in [-0.2, 0) is 4.79 Å². The Morgan fingerprint density at radius 2 is 1.62 bits per heavy atom. The van der Waals surface area contributed by atoms with Crippen LogP contribution in [0.1, 0.15) is 17.3 Å². The smallest absolute Gasteiger partial charge is 0.251 e. The predicted octanol–water partition coefficient (Wildman–Crippen LogP) is 3.05. The van der Waals surface area contributed by atoms with E-state index in [2.05, 4.69) is 22.5 Å². The van der Waals surface area contributed by atoms with Gasteiger partial charge >= 0.3 is 0 Å². The lowest BCUT2D eigenvalue weighted by Crippen LogP contribution is -2.22. The van der Waals surface area contributed by atoms with Crippen molar-refractivity contribution in [3.05, 3.63) is 66.2 Å². The van der Waals surface area contributed by atoms with Gasteiger partial charge in [0, 0.05) is 24.0 Å². The lowest BCUT2D eigenvalue weighted by molar-refractivity contribution is -0.114. The van der Waals surface area contributed by atoms with Gasteiger partial charge in [-0.3, -0.25) is 9.59 Å². The van der Waals surface area contributed by atoms with Crippen molar-refractivity contribution in [2.75, 3.05) is 30.8 Å². The maximum Gasteiger partial charge on any atom is 0.251 e. The maximum atomic E-state index is 12.0. The third kappa shape index (κ3) is 5.98. The van der Waals surface area contributed by atoms with Gasteiger partial charge in [0.25, 0.3) is 5.91 Å². The predicted molar refractivity (Wildman–Crippen MR) is 104 cm³/mol. The van der Waals surface area contributed by atoms with E-state index in [0.29, 0.717) is 17.9 Å². The Hall–Kier alpha value is -3.28. The van der Waals surface area contributed by atoms with Crippen LogP contribution in [0.2, 0.25) is 0 Å². The average Bonchev–Trinajstić information content (AvgIpc) is 2.65. The number of nitrogens with one attached hydrogen (secondary N) is 3. The summed E-state index contributed by atoms with van der Waals surface area (Å²) in [5.41, 5.74) is 2.96. The van der Waals surface area contributed by atoms with Crippen molar-refractivity contribution in [1.82, 2.24) is 5.32 Å². The minimum Gasteiger partial charge on any atom is -0.489 e. The van der Waals surface area contributed by atoms with E-state index >= 15 is 0 Å². The monoisotopic (exact) mass is 353 g/mol. The van der Waals surface area contributed by atoms with Gasteiger partial charge in [0.1, 0.15) is 12.4 Å². The van der Waals surface area contributed by atoms with Crippen molar-refractivity contribution in [3.63, 3.8) is 0 Å². The number of hydrogen-bond acceptors (Lipinski definition) is 4. The number of rotatable bonds is 8. The number of hydrogen-bond donors (Lipinski definition) is 3. The molecule has 2 rings (SSSR count). The molecule has 0 spiro atoms. The quantitative estimate of drug-likeness (QED) is 0.637. The largest absolute Gasteiger partial charge is 0.489 e. The number of carbonyl (C=O) groups excluding carboxylic acids is 2. The minimum absolute atomic E-state index is 0.118. The summed E-state index contributed by atoms with van der Waals surface area (Å²) >= 11 is 0. The van der Waals surface area contributed by atoms with Crippen molar-refractivity contribution < 1.29 is 14.3 Å². The van der Waals surface area contributed by atoms with Crippen LogP contribution < -0.4 is 20.7 Å². The summed E-state index contributed by atoms with van der Waals surface area (Å²) in [6.45, 7) is 6.26. The SMILES string of the molecule is C=C(C)COc1ccc(NC(=O)CNc2ccc(C(=O)NC)cc2)cc1. The molecular weight excluding hydrogens is 330 g/mol. The minimum atomic E-state index is -0.170. The molecule has 0 unspecified atom stereocenters. The van der Waals surface area contributed by atoms with Crippen molar-refractivity contribution in [1.29, 1.82) is 0 Å². The van der Waals surface area contributed by atoms with Crippen molar-refractivity contribution in [2.24, 2.45) is 0 Å². The molecule has 0 aromatic heterocycles. The van der Waals surface area contributed by atoms with Crippen molar-refractivity contribution >= 4 is 23.2 Å². The molecule has 0 aliphatic heterocycles. The normalized spacial score (nSPS) is 9.92. The Balaban J connectivity index is 1.81. The molecule has 0 saturated heterocycles. The highest BCUT2D eigenvalue weighted by Gasteiger charge is 2.05. The average molecular weight is 353 g/mol. The lowest BCUT2D eigenvalue weighted by Gasteiger charge is -2.10. The van der Waals surface area contributed by atoms with Crippen LogP contribution in [0.4, 0.5) is 11.4 Å². The van der Waals surface area contributed by atoms with E-state index in [1.165, 1.54) is 0 Å². The lowest BCUT2D eigenvalue weighted by atomic mass is 10.2. The van der Waals surface area contributed by atoms with Gasteiger partial charge in [-0.15, -0.1) is 0 Å². The Morgan fingerprint density at radius 1 is 1.00 bits per heavy atom. The van der Waals surface area contributed by atoms with E-state index in [0.717, 1.165) is 17.0 Å². The molecule has 0 atom stereocenters. The van der Waals surface area contributed by atoms with Crippen molar-refractivity contribution in [3.8, 4) is 5.75 Å². The fourth-order valence-electron chi connectivity index (χ4n) is 2.11. The number of anilines is 2. The molecule has 0 aliphatic carbocycles. The van der Waals surface area contributed by atoms with Crippen LogP contribution in [0.5, 0.6) is 5.75 Å². The first kappa shape index (κ1) is 19.1. The number of amides is 2. The van der Waals surface area contributed by atoms with Crippen LogP contribution in [-0.4, -0.2) is 32.0 Å². The Morgan fingerprint density at radius 3 is 2.19 bits per heavy atom. The first-order valence-electron chi connectivity index (χ1n) is 8.21. The van der Waals surface area contributed by atoms with E-state index in [1.807, 2.05) is 6.92 Å². The highest BCUT2D eigenvalue weighted by atomic mass is 16.5. The number of benzene rings is 2. The Bertz CT molecular complexity index is 768. The van der Waals surface area contributed by atoms with E-state index < -0.39 is 0 Å². The maximum absolute atomic E-state index is 12.0. The summed E-state index contributed by atoms with van der Waals surface area (Å²) in [5, 5.41) is 8.38. The topological polar surface area (TPSA) is 79.5 Å². The van der Waals surface area contributed by atoms with Gasteiger partial charge in [0.05, 0.1) is 6.54 Å². The summed E-state index contributed by atoms with van der Waals surface area (Å²) in [7, 11) is 1.58. The van der Waals surface area contributed by atoms with E-state index in [9.17, 15) is 9.59 Å². The first-order valence-corrected chi connectivity index (χ1v) is 8.21. The number of carbonyl (C=O) groups is 2. The highest BCUT2D eigenvalue weighted by molar-refractivity contribution is 5.95. The van der Waals surface area contributed by atoms with E-state index in [-0.39, 0.29) is 18.4 Å². The molecule has 3 N–H and O–H groups in total. The Kier molecular flexibility index (Phi) is 6.79. The molecule has 0 radical (unpaired) electrons. The summed E-state index contributed by atoms with van der Waals surface area (Å²) in [5.74, 6) is 0.404. The third-order valence-electron chi connectivity index (χ3n) is 3.45. The molecule has 2 amide bonds. The van der Waals surface area contributed by atoms with Crippen LogP contribution in [0.25, 0.3) is 0 Å². The fraction of sp³-hybridized carbons (Fsp3) is 0.200. The van der Waals surface area contributed by atoms with E-state index in [4.69, 9.17) is 4.74 Å². The second kappa shape index (κ2) is 9.27. The summed E-state index contributed by atoms with van der Waals surface area (Å²) in [4.78, 5) is 23.5. The zero-order chi connectivity index (χ0) is 18.9. The standard InChI is InChI=1S/C20H23N3O3/c1-14(2)13-26-18-10-8-17(9-11-18)23-19(24)12-22-16-6-4-15(5-7-16)20(25)21-3/h4-11,22H,1,12-13H2,2-3H3,(H,21,25)(H,23,24). The third-order valence-corrected chi connectivity index (χ3v) is 3.45. The molecule has 6 heteroatoms. The molecule has 136 valence electrons. The second-order valence-corrected chi connectivity index (χ2v) is 5.83. The van der Waals surface area contributed by atoms with E-state index in [1.54, 1.807) is 55.6 Å². The van der Waals surface area contributed by atoms with Gasteiger partial charge < -0.3 is 20.7 Å². The molecular formula is C20H23N3O3. The summed E-state index contributed by atoms with van der Waals surface area (Å²) in [6.07, 6.45) is 0.